The van der Waals surface area contributed by atoms with E-state index in [-0.39, 0.29) is 17.0 Å². The molecule has 0 bridgehead atoms. The summed E-state index contributed by atoms with van der Waals surface area (Å²) in [5.74, 6) is -1.50. The van der Waals surface area contributed by atoms with Gasteiger partial charge in [-0.2, -0.15) is 5.10 Å². The molecule has 4 rings (SSSR count). The zero-order valence-corrected chi connectivity index (χ0v) is 18.7. The molecule has 1 saturated carbocycles. The van der Waals surface area contributed by atoms with Crippen molar-refractivity contribution in [2.45, 2.75) is 84.3 Å². The molecule has 2 atom stereocenters. The van der Waals surface area contributed by atoms with Gasteiger partial charge in [-0.1, -0.05) is 33.6 Å². The minimum absolute atomic E-state index is 0.148. The fourth-order valence-corrected chi connectivity index (χ4v) is 5.07. The molecule has 31 heavy (non-hydrogen) atoms. The van der Waals surface area contributed by atoms with Gasteiger partial charge < -0.3 is 16.2 Å². The van der Waals surface area contributed by atoms with Gasteiger partial charge in [-0.15, -0.1) is 0 Å². The lowest BCUT2D eigenvalue weighted by Crippen LogP contribution is -2.37. The Labute approximate surface area is 183 Å². The molecule has 1 amide bonds. The molecule has 0 aliphatic heterocycles. The molecule has 2 aromatic rings. The van der Waals surface area contributed by atoms with Gasteiger partial charge >= 0.3 is 0 Å². The lowest BCUT2D eigenvalue weighted by atomic mass is 9.76. The molecule has 1 aromatic carbocycles. The largest absolute Gasteiger partial charge is 0.391 e. The summed E-state index contributed by atoms with van der Waals surface area (Å²) in [6, 6.07) is 2.86. The second-order valence-corrected chi connectivity index (χ2v) is 9.80. The number of aliphatic hydroxyl groups excluding tert-OH is 1. The van der Waals surface area contributed by atoms with E-state index in [4.69, 9.17) is 10.8 Å². The van der Waals surface area contributed by atoms with E-state index in [1.54, 1.807) is 6.07 Å². The Balaban J connectivity index is 1.81. The summed E-state index contributed by atoms with van der Waals surface area (Å²) in [6.07, 6.45) is 6.59. The van der Waals surface area contributed by atoms with E-state index in [0.717, 1.165) is 56.3 Å². The van der Waals surface area contributed by atoms with Crippen molar-refractivity contribution in [1.82, 2.24) is 9.78 Å². The summed E-state index contributed by atoms with van der Waals surface area (Å²) < 4.78 is 17.0. The van der Waals surface area contributed by atoms with Crippen LogP contribution in [0.25, 0.3) is 5.69 Å². The number of aromatic nitrogens is 2. The number of hydrogen-bond donors (Lipinski definition) is 3. The molecule has 0 radical (unpaired) electrons. The van der Waals surface area contributed by atoms with Crippen LogP contribution in [0.15, 0.2) is 12.1 Å². The highest BCUT2D eigenvalue weighted by atomic mass is 19.1. The minimum Gasteiger partial charge on any atom is -0.391 e. The van der Waals surface area contributed by atoms with Crippen molar-refractivity contribution in [2.75, 3.05) is 5.32 Å². The highest BCUT2D eigenvalue weighted by Crippen LogP contribution is 2.38. The number of hydrogen-bond acceptors (Lipinski definition) is 4. The predicted molar refractivity (Wildman–Crippen MR) is 119 cm³/mol. The number of aryl methyl sites for hydroxylation is 1. The van der Waals surface area contributed by atoms with E-state index in [0.29, 0.717) is 17.8 Å². The number of fused-ring (bicyclic) bond motifs is 1. The van der Waals surface area contributed by atoms with Crippen LogP contribution in [0, 0.1) is 11.2 Å². The van der Waals surface area contributed by atoms with E-state index in [9.17, 15) is 9.90 Å². The number of nitrogens with zero attached hydrogens (tertiary/aromatic N) is 2. The maximum absolute atomic E-state index is 15.1. The molecule has 0 unspecified atom stereocenters. The Morgan fingerprint density at radius 3 is 2.77 bits per heavy atom. The maximum Gasteiger partial charge on any atom is 0.253 e. The molecule has 7 heteroatoms. The van der Waals surface area contributed by atoms with Crippen molar-refractivity contribution in [1.29, 1.82) is 0 Å². The third-order valence-electron chi connectivity index (χ3n) is 6.84. The summed E-state index contributed by atoms with van der Waals surface area (Å²) in [6.45, 7) is 6.57. The average molecular weight is 429 g/mol. The Morgan fingerprint density at radius 1 is 1.35 bits per heavy atom. The van der Waals surface area contributed by atoms with Crippen LogP contribution < -0.4 is 11.1 Å². The highest BCUT2D eigenvalue weighted by Gasteiger charge is 2.32. The number of anilines is 1. The van der Waals surface area contributed by atoms with Crippen molar-refractivity contribution in [3.8, 4) is 5.69 Å². The van der Waals surface area contributed by atoms with Crippen molar-refractivity contribution in [3.05, 3.63) is 40.5 Å². The quantitative estimate of drug-likeness (QED) is 0.673. The number of nitrogens with one attached hydrogen (secondary N) is 1. The first-order valence-corrected chi connectivity index (χ1v) is 11.4. The smallest absolute Gasteiger partial charge is 0.253 e. The first-order valence-electron chi connectivity index (χ1n) is 11.4. The van der Waals surface area contributed by atoms with Crippen LogP contribution in [0.2, 0.25) is 0 Å². The molecule has 4 N–H and O–H groups in total. The zero-order valence-electron chi connectivity index (χ0n) is 18.7. The van der Waals surface area contributed by atoms with E-state index in [1.807, 2.05) is 4.68 Å². The van der Waals surface area contributed by atoms with E-state index in [2.05, 4.69) is 26.1 Å². The highest BCUT2D eigenvalue weighted by molar-refractivity contribution is 5.99. The van der Waals surface area contributed by atoms with Gasteiger partial charge in [0, 0.05) is 11.8 Å². The molecule has 1 heterocycles. The third kappa shape index (κ3) is 4.20. The second kappa shape index (κ2) is 8.26. The van der Waals surface area contributed by atoms with Gasteiger partial charge in [0.2, 0.25) is 0 Å². The van der Waals surface area contributed by atoms with Crippen molar-refractivity contribution in [3.63, 3.8) is 0 Å². The molecule has 0 spiro atoms. The van der Waals surface area contributed by atoms with Crippen LogP contribution in [0.3, 0.4) is 0 Å². The SMILES string of the molecule is CCc1nn(-c2cc(F)c(C(N)=O)c(N[C@H]3CCCC[C@H]3O)c2)c2c1CCC(C)(C)C2. The van der Waals surface area contributed by atoms with Gasteiger partial charge in [0.15, 0.2) is 0 Å². The number of carbonyl (C=O) groups excluding carboxylic acids is 1. The molecule has 1 fully saturated rings. The van der Waals surface area contributed by atoms with Crippen LogP contribution in [-0.2, 0) is 19.3 Å². The molecular formula is C24H33FN4O2. The standard InChI is InChI=1S/C24H33FN4O2/c1-4-17-15-9-10-24(2,3)13-20(15)29(28-17)14-11-16(25)22(23(26)31)19(12-14)27-18-7-5-6-8-21(18)30/h11-12,18,21,27,30H,4-10,13H2,1-3H3,(H2,26,31)/t18-,21+/m0/s1. The summed E-state index contributed by atoms with van der Waals surface area (Å²) in [5.41, 5.74) is 9.81. The number of amides is 1. The zero-order chi connectivity index (χ0) is 22.3. The Kier molecular flexibility index (Phi) is 5.81. The maximum atomic E-state index is 15.1. The average Bonchev–Trinajstić information content (AvgIpc) is 3.05. The Hall–Kier alpha value is -2.41. The summed E-state index contributed by atoms with van der Waals surface area (Å²) in [7, 11) is 0. The first kappa shape index (κ1) is 21.8. The summed E-state index contributed by atoms with van der Waals surface area (Å²) >= 11 is 0. The van der Waals surface area contributed by atoms with Gasteiger partial charge in [0.1, 0.15) is 5.82 Å². The number of rotatable bonds is 5. The summed E-state index contributed by atoms with van der Waals surface area (Å²) in [5, 5.41) is 18.4. The minimum atomic E-state index is -0.824. The fourth-order valence-electron chi connectivity index (χ4n) is 5.07. The predicted octanol–water partition coefficient (Wildman–Crippen LogP) is 3.90. The Morgan fingerprint density at radius 2 is 2.10 bits per heavy atom. The van der Waals surface area contributed by atoms with E-state index < -0.39 is 17.8 Å². The molecule has 6 nitrogen and oxygen atoms in total. The number of carbonyl (C=O) groups is 1. The van der Waals surface area contributed by atoms with Crippen molar-refractivity contribution < 1.29 is 14.3 Å². The van der Waals surface area contributed by atoms with Gasteiger partial charge in [-0.25, -0.2) is 9.07 Å². The van der Waals surface area contributed by atoms with Gasteiger partial charge in [0.25, 0.3) is 5.91 Å². The van der Waals surface area contributed by atoms with E-state index >= 15 is 4.39 Å². The van der Waals surface area contributed by atoms with Crippen molar-refractivity contribution in [2.24, 2.45) is 11.1 Å². The number of primary amides is 1. The fraction of sp³-hybridized carbons (Fsp3) is 0.583. The number of nitrogens with two attached hydrogens (primary N) is 1. The lowest BCUT2D eigenvalue weighted by Gasteiger charge is -2.31. The van der Waals surface area contributed by atoms with Gasteiger partial charge in [-0.05, 0) is 55.6 Å². The topological polar surface area (TPSA) is 93.2 Å². The number of aliphatic hydroxyl groups is 1. The first-order chi connectivity index (χ1) is 14.7. The Bertz CT molecular complexity index is 998. The van der Waals surface area contributed by atoms with Crippen LogP contribution in [-0.4, -0.2) is 32.9 Å². The number of benzene rings is 1. The van der Waals surface area contributed by atoms with Gasteiger partial charge in [0.05, 0.1) is 34.8 Å². The molecule has 0 saturated heterocycles. The monoisotopic (exact) mass is 428 g/mol. The normalized spacial score (nSPS) is 22.7. The molecule has 2 aliphatic rings. The van der Waals surface area contributed by atoms with Crippen LogP contribution in [0.5, 0.6) is 0 Å². The molecule has 168 valence electrons. The summed E-state index contributed by atoms with van der Waals surface area (Å²) in [4.78, 5) is 12.0. The van der Waals surface area contributed by atoms with Crippen LogP contribution >= 0.6 is 0 Å². The number of halogens is 1. The van der Waals surface area contributed by atoms with Gasteiger partial charge in [-0.3, -0.25) is 4.79 Å². The molecular weight excluding hydrogens is 395 g/mol. The second-order valence-electron chi connectivity index (χ2n) is 9.80. The van der Waals surface area contributed by atoms with Crippen LogP contribution in [0.4, 0.5) is 10.1 Å². The van der Waals surface area contributed by atoms with Crippen molar-refractivity contribution >= 4 is 11.6 Å². The molecule has 2 aliphatic carbocycles. The third-order valence-corrected chi connectivity index (χ3v) is 6.84. The van der Waals surface area contributed by atoms with Crippen LogP contribution in [0.1, 0.15) is 80.2 Å². The molecule has 1 aromatic heterocycles. The lowest BCUT2D eigenvalue weighted by molar-refractivity contribution is 0.0995. The van der Waals surface area contributed by atoms with E-state index in [1.165, 1.54) is 11.6 Å².